The molecule has 0 nitrogen and oxygen atoms in total. The molecule has 0 amide bonds. The summed E-state index contributed by atoms with van der Waals surface area (Å²) in [7, 11) is 0. The maximum atomic E-state index is 13.0. The van der Waals surface area contributed by atoms with Crippen LogP contribution in [0.1, 0.15) is 5.56 Å². The Kier molecular flexibility index (Phi) is 2.70. The Morgan fingerprint density at radius 2 is 1.77 bits per heavy atom. The molecule has 0 saturated heterocycles. The maximum absolute atomic E-state index is 13.0. The summed E-state index contributed by atoms with van der Waals surface area (Å²) in [5.41, 5.74) is -1.18. The Bertz CT molecular complexity index is 334. The van der Waals surface area contributed by atoms with Crippen LogP contribution in [-0.4, -0.2) is 6.98 Å². The first kappa shape index (κ1) is 10.6. The topological polar surface area (TPSA) is 0 Å². The molecule has 0 bridgehead atoms. The van der Waals surface area contributed by atoms with Crippen LogP contribution in [0.3, 0.4) is 0 Å². The van der Waals surface area contributed by atoms with Crippen LogP contribution in [-0.2, 0) is 0 Å². The first-order valence-electron chi connectivity index (χ1n) is 3.48. The van der Waals surface area contributed by atoms with E-state index in [0.29, 0.717) is 4.47 Å². The lowest BCUT2D eigenvalue weighted by Gasteiger charge is -2.17. The van der Waals surface area contributed by atoms with Crippen LogP contribution in [0.5, 0.6) is 0 Å². The van der Waals surface area contributed by atoms with Gasteiger partial charge in [-0.2, -0.15) is 0 Å². The van der Waals surface area contributed by atoms with Gasteiger partial charge in [0, 0.05) is 4.47 Å². The second kappa shape index (κ2) is 3.33. The van der Waals surface area contributed by atoms with Crippen molar-refractivity contribution in [1.82, 2.24) is 0 Å². The number of halogens is 5. The summed E-state index contributed by atoms with van der Waals surface area (Å²) in [6.07, 6.45) is 0. The van der Waals surface area contributed by atoms with Crippen LogP contribution >= 0.6 is 15.9 Å². The van der Waals surface area contributed by atoms with Crippen molar-refractivity contribution in [3.63, 3.8) is 0 Å². The molecule has 0 aliphatic carbocycles. The van der Waals surface area contributed by atoms with E-state index in [2.05, 4.69) is 15.9 Å². The molecule has 13 heavy (non-hydrogen) atoms. The quantitative estimate of drug-likeness (QED) is 0.535. The molecule has 0 aromatic heterocycles. The summed E-state index contributed by atoms with van der Waals surface area (Å²) < 4.78 is 49.9. The van der Waals surface area contributed by atoms with Crippen LogP contribution in [0, 0.1) is 12.7 Å². The highest BCUT2D eigenvalue weighted by molar-refractivity contribution is 9.10. The molecule has 1 rings (SSSR count). The van der Waals surface area contributed by atoms with Gasteiger partial charge in [0.15, 0.2) is 0 Å². The zero-order chi connectivity index (χ0) is 10.2. The van der Waals surface area contributed by atoms with Crippen molar-refractivity contribution in [1.29, 1.82) is 0 Å². The van der Waals surface area contributed by atoms with Crippen molar-refractivity contribution in [2.75, 3.05) is 0 Å². The van der Waals surface area contributed by atoms with Crippen molar-refractivity contribution >= 4 is 28.4 Å². The fraction of sp³-hybridized carbons (Fsp3) is 0.143. The van der Waals surface area contributed by atoms with E-state index < -0.39 is 18.3 Å². The normalized spacial score (nSPS) is 11.8. The summed E-state index contributed by atoms with van der Waals surface area (Å²) in [6, 6.07) is 1.94. The minimum Gasteiger partial charge on any atom is -0.445 e. The molecule has 0 fully saturated rings. The van der Waals surface area contributed by atoms with Gasteiger partial charge in [0.25, 0.3) is 0 Å². The molecule has 72 valence electrons. The zero-order valence-electron chi connectivity index (χ0n) is 6.62. The number of hydrogen-bond donors (Lipinski definition) is 0. The van der Waals surface area contributed by atoms with E-state index in [1.165, 1.54) is 13.0 Å². The van der Waals surface area contributed by atoms with Gasteiger partial charge in [-0.15, -0.1) is 0 Å². The molecule has 1 aromatic rings. The molecule has 0 radical (unpaired) electrons. The van der Waals surface area contributed by atoms with Crippen LogP contribution < -0.4 is 5.46 Å². The number of benzene rings is 1. The van der Waals surface area contributed by atoms with Gasteiger partial charge >= 0.3 is 6.98 Å². The Morgan fingerprint density at radius 3 is 2.23 bits per heavy atom. The second-order valence-electron chi connectivity index (χ2n) is 2.65. The molecule has 0 aliphatic heterocycles. The average Bonchev–Trinajstić information content (AvgIpc) is 1.98. The maximum Gasteiger partial charge on any atom is 0.512 e. The molecule has 0 atom stereocenters. The van der Waals surface area contributed by atoms with Gasteiger partial charge in [0.2, 0.25) is 0 Å². The molecule has 0 aliphatic rings. The summed E-state index contributed by atoms with van der Waals surface area (Å²) in [5.74, 6) is -1.19. The molecule has 0 spiro atoms. The van der Waals surface area contributed by atoms with E-state index in [4.69, 9.17) is 0 Å². The lowest BCUT2D eigenvalue weighted by molar-refractivity contribution is 0.493. The molecule has 6 heteroatoms. The molecule has 0 saturated carbocycles. The predicted molar refractivity (Wildman–Crippen MR) is 47.5 cm³/mol. The number of hydrogen-bond acceptors (Lipinski definition) is 0. The predicted octanol–water partition coefficient (Wildman–Crippen LogP) is 2.95. The van der Waals surface area contributed by atoms with E-state index in [-0.39, 0.29) is 5.56 Å². The lowest BCUT2D eigenvalue weighted by atomic mass is 9.79. The van der Waals surface area contributed by atoms with Crippen molar-refractivity contribution in [2.24, 2.45) is 0 Å². The van der Waals surface area contributed by atoms with E-state index in [1.54, 1.807) is 0 Å². The Labute approximate surface area is 81.1 Å². The van der Waals surface area contributed by atoms with Gasteiger partial charge < -0.3 is 12.9 Å². The van der Waals surface area contributed by atoms with Gasteiger partial charge in [0.05, 0.1) is 0 Å². The molecule has 1 aromatic carbocycles. The van der Waals surface area contributed by atoms with Gasteiger partial charge in [-0.05, 0) is 12.5 Å². The fourth-order valence-electron chi connectivity index (χ4n) is 0.935. The van der Waals surface area contributed by atoms with Gasteiger partial charge in [0.1, 0.15) is 5.82 Å². The monoisotopic (exact) mass is 255 g/mol. The highest BCUT2D eigenvalue weighted by Gasteiger charge is 2.29. The van der Waals surface area contributed by atoms with Crippen molar-refractivity contribution in [3.8, 4) is 0 Å². The summed E-state index contributed by atoms with van der Waals surface area (Å²) in [6.45, 7) is -3.96. The third-order valence-electron chi connectivity index (χ3n) is 1.70. The minimum absolute atomic E-state index is 0.0169. The first-order chi connectivity index (χ1) is 5.84. The Morgan fingerprint density at radius 1 is 1.23 bits per heavy atom. The fourth-order valence-corrected chi connectivity index (χ4v) is 1.24. The second-order valence-corrected chi connectivity index (χ2v) is 3.50. The molecule has 0 unspecified atom stereocenters. The highest BCUT2D eigenvalue weighted by atomic mass is 79.9. The standard InChI is InChI=1S/C7H5BBrF4/c1-4-6(9)3-2-5(7(4)10)8(11,12)13/h2-3H,1H3/q-1. The van der Waals surface area contributed by atoms with Crippen LogP contribution in [0.2, 0.25) is 0 Å². The van der Waals surface area contributed by atoms with E-state index in [9.17, 15) is 17.3 Å². The molecule has 0 N–H and O–H groups in total. The summed E-state index contributed by atoms with van der Waals surface area (Å²) >= 11 is 2.95. The minimum atomic E-state index is -5.26. The largest absolute Gasteiger partial charge is 0.512 e. The lowest BCUT2D eigenvalue weighted by Crippen LogP contribution is -2.37. The molecular weight excluding hydrogens is 251 g/mol. The van der Waals surface area contributed by atoms with Crippen molar-refractivity contribution < 1.29 is 17.3 Å². The van der Waals surface area contributed by atoms with Gasteiger partial charge in [-0.1, -0.05) is 33.5 Å². The van der Waals surface area contributed by atoms with E-state index in [0.717, 1.165) is 6.07 Å². The van der Waals surface area contributed by atoms with Gasteiger partial charge in [-0.3, -0.25) is 0 Å². The van der Waals surface area contributed by atoms with E-state index >= 15 is 0 Å². The van der Waals surface area contributed by atoms with Crippen molar-refractivity contribution in [2.45, 2.75) is 6.92 Å². The third-order valence-corrected chi connectivity index (χ3v) is 2.56. The number of rotatable bonds is 1. The smallest absolute Gasteiger partial charge is 0.445 e. The average molecular weight is 256 g/mol. The Hall–Kier alpha value is -0.515. The Balaban J connectivity index is 3.35. The zero-order valence-corrected chi connectivity index (χ0v) is 8.21. The van der Waals surface area contributed by atoms with Crippen molar-refractivity contribution in [3.05, 3.63) is 28.0 Å². The molecular formula is C7H5BBrF4-. The van der Waals surface area contributed by atoms with Gasteiger partial charge in [-0.25, -0.2) is 4.39 Å². The molecule has 0 heterocycles. The van der Waals surface area contributed by atoms with E-state index in [1.807, 2.05) is 0 Å². The van der Waals surface area contributed by atoms with Crippen LogP contribution in [0.25, 0.3) is 0 Å². The van der Waals surface area contributed by atoms with Crippen LogP contribution in [0.4, 0.5) is 17.3 Å². The SMILES string of the molecule is Cc1c(Br)ccc([B-](F)(F)F)c1F. The summed E-state index contributed by atoms with van der Waals surface area (Å²) in [5, 5.41) is 0. The first-order valence-corrected chi connectivity index (χ1v) is 4.27. The highest BCUT2D eigenvalue weighted by Crippen LogP contribution is 2.20. The third kappa shape index (κ3) is 2.04. The summed E-state index contributed by atoms with van der Waals surface area (Å²) in [4.78, 5) is 0. The van der Waals surface area contributed by atoms with Crippen LogP contribution in [0.15, 0.2) is 16.6 Å².